The summed E-state index contributed by atoms with van der Waals surface area (Å²) in [6.45, 7) is 9.62. The van der Waals surface area contributed by atoms with Crippen LogP contribution in [0.1, 0.15) is 65.1 Å². The molecule has 2 amide bonds. The minimum atomic E-state index is -0.460. The van der Waals surface area contributed by atoms with Gasteiger partial charge in [-0.3, -0.25) is 19.8 Å². The molecule has 0 radical (unpaired) electrons. The zero-order chi connectivity index (χ0) is 27.8. The van der Waals surface area contributed by atoms with Gasteiger partial charge in [0.1, 0.15) is 23.9 Å². The molecule has 2 aliphatic rings. The van der Waals surface area contributed by atoms with Crippen LogP contribution in [0.5, 0.6) is 11.5 Å². The van der Waals surface area contributed by atoms with Crippen LogP contribution < -0.4 is 25.4 Å². The summed E-state index contributed by atoms with van der Waals surface area (Å²) in [5.41, 5.74) is 8.94. The largest absolute Gasteiger partial charge is 0.493 e. The van der Waals surface area contributed by atoms with Crippen LogP contribution in [-0.4, -0.2) is 68.2 Å². The van der Waals surface area contributed by atoms with Crippen LogP contribution >= 0.6 is 17.0 Å². The third-order valence-electron chi connectivity index (χ3n) is 6.74. The number of rotatable bonds is 8. The standard InChI is InChI=1S/C28H35N5O5.BrH/c1-6-37-23-11-17-13-33(26(30)18(17)12-19(23)27(36)31-5)14-22(34)16-9-20(28(2,3)4)25-21(10-16)32(7-8-38-25)15-24(29)35;/h9-12,30H,6-8,13-15H2,1-5H3,(H2,29,35)(H,31,36);1H. The van der Waals surface area contributed by atoms with Crippen molar-refractivity contribution in [2.45, 2.75) is 39.7 Å². The molecule has 0 spiro atoms. The Bertz CT molecular complexity index is 1320. The Morgan fingerprint density at radius 2 is 1.85 bits per heavy atom. The number of hydrogen-bond acceptors (Lipinski definition) is 7. The van der Waals surface area contributed by atoms with E-state index in [4.69, 9.17) is 20.6 Å². The highest BCUT2D eigenvalue weighted by Gasteiger charge is 2.32. The Kier molecular flexibility index (Phi) is 8.94. The van der Waals surface area contributed by atoms with E-state index in [-0.39, 0.29) is 53.0 Å². The van der Waals surface area contributed by atoms with Gasteiger partial charge in [-0.15, -0.1) is 17.0 Å². The summed E-state index contributed by atoms with van der Waals surface area (Å²) in [6.07, 6.45) is 0. The lowest BCUT2D eigenvalue weighted by molar-refractivity contribution is -0.116. The SMILES string of the molecule is Br.CCOc1cc2c(cc1C(=O)NC)C(=N)N(CC(=O)c1cc3c(c(C(C)(C)C)c1)OCCN3CC(N)=O)C2. The number of hydrogen-bond donors (Lipinski definition) is 3. The van der Waals surface area contributed by atoms with Crippen LogP contribution in [0.2, 0.25) is 0 Å². The van der Waals surface area contributed by atoms with Crippen molar-refractivity contribution in [1.82, 2.24) is 10.2 Å². The zero-order valence-electron chi connectivity index (χ0n) is 23.0. The van der Waals surface area contributed by atoms with Gasteiger partial charge < -0.3 is 30.3 Å². The van der Waals surface area contributed by atoms with E-state index in [2.05, 4.69) is 5.32 Å². The van der Waals surface area contributed by atoms with Gasteiger partial charge in [-0.25, -0.2) is 0 Å². The van der Waals surface area contributed by atoms with Gasteiger partial charge in [-0.05, 0) is 42.2 Å². The van der Waals surface area contributed by atoms with Crippen molar-refractivity contribution < 1.29 is 23.9 Å². The van der Waals surface area contributed by atoms with E-state index in [1.165, 1.54) is 0 Å². The number of amidine groups is 1. The summed E-state index contributed by atoms with van der Waals surface area (Å²) in [6, 6.07) is 7.02. The average molecular weight is 603 g/mol. The fraction of sp³-hybridized carbons (Fsp3) is 0.429. The Morgan fingerprint density at radius 3 is 2.46 bits per heavy atom. The fourth-order valence-electron chi connectivity index (χ4n) is 4.86. The lowest BCUT2D eigenvalue weighted by atomic mass is 9.84. The molecule has 39 heavy (non-hydrogen) atoms. The van der Waals surface area contributed by atoms with Gasteiger partial charge in [-0.1, -0.05) is 20.8 Å². The number of anilines is 1. The number of nitrogens with one attached hydrogen (secondary N) is 2. The number of carbonyl (C=O) groups excluding carboxylic acids is 3. The maximum atomic E-state index is 13.6. The minimum Gasteiger partial charge on any atom is -0.493 e. The van der Waals surface area contributed by atoms with E-state index in [0.29, 0.717) is 60.2 Å². The molecule has 2 aliphatic heterocycles. The Labute approximate surface area is 239 Å². The number of carbonyl (C=O) groups is 3. The predicted octanol–water partition coefficient (Wildman–Crippen LogP) is 3.03. The molecular weight excluding hydrogens is 566 g/mol. The first kappa shape index (κ1) is 29.9. The number of primary amides is 1. The molecule has 0 saturated heterocycles. The summed E-state index contributed by atoms with van der Waals surface area (Å²) in [7, 11) is 1.54. The van der Waals surface area contributed by atoms with E-state index >= 15 is 0 Å². The number of ether oxygens (including phenoxy) is 2. The molecule has 11 heteroatoms. The van der Waals surface area contributed by atoms with Gasteiger partial charge in [0.2, 0.25) is 5.91 Å². The van der Waals surface area contributed by atoms with Crippen molar-refractivity contribution in [2.75, 3.05) is 44.8 Å². The van der Waals surface area contributed by atoms with Crippen LogP contribution in [0.4, 0.5) is 5.69 Å². The number of amides is 2. The first-order chi connectivity index (χ1) is 17.9. The van der Waals surface area contributed by atoms with Gasteiger partial charge in [-0.2, -0.15) is 0 Å². The number of Topliss-reactive ketones (excluding diaryl/α,β-unsaturated/α-hetero) is 1. The normalized spacial score (nSPS) is 14.1. The molecule has 2 aromatic rings. The maximum absolute atomic E-state index is 13.6. The average Bonchev–Trinajstić information content (AvgIpc) is 3.15. The van der Waals surface area contributed by atoms with Crippen molar-refractivity contribution in [3.63, 3.8) is 0 Å². The molecule has 2 aromatic carbocycles. The van der Waals surface area contributed by atoms with Crippen molar-refractivity contribution in [3.8, 4) is 11.5 Å². The molecule has 4 N–H and O–H groups in total. The van der Waals surface area contributed by atoms with Crippen LogP contribution in [-0.2, 0) is 16.8 Å². The van der Waals surface area contributed by atoms with Crippen molar-refractivity contribution in [2.24, 2.45) is 5.73 Å². The summed E-state index contributed by atoms with van der Waals surface area (Å²) in [4.78, 5) is 41.3. The van der Waals surface area contributed by atoms with Crippen molar-refractivity contribution in [1.29, 1.82) is 5.41 Å². The molecular formula is C28H36BrN5O5. The van der Waals surface area contributed by atoms with Crippen molar-refractivity contribution in [3.05, 3.63) is 52.1 Å². The molecule has 0 atom stereocenters. The zero-order valence-corrected chi connectivity index (χ0v) is 24.7. The highest BCUT2D eigenvalue weighted by atomic mass is 79.9. The molecule has 0 aliphatic carbocycles. The fourth-order valence-corrected chi connectivity index (χ4v) is 4.86. The molecule has 0 bridgehead atoms. The van der Waals surface area contributed by atoms with E-state index in [1.807, 2.05) is 38.7 Å². The summed E-state index contributed by atoms with van der Waals surface area (Å²) < 4.78 is 11.7. The molecule has 0 fully saturated rings. The number of ketones is 1. The molecule has 0 unspecified atom stereocenters. The Morgan fingerprint density at radius 1 is 1.13 bits per heavy atom. The van der Waals surface area contributed by atoms with Gasteiger partial charge in [0, 0.05) is 30.3 Å². The van der Waals surface area contributed by atoms with E-state index in [0.717, 1.165) is 11.1 Å². The van der Waals surface area contributed by atoms with Gasteiger partial charge in [0.15, 0.2) is 5.78 Å². The van der Waals surface area contributed by atoms with Gasteiger partial charge in [0.25, 0.3) is 5.91 Å². The second kappa shape index (κ2) is 11.6. The maximum Gasteiger partial charge on any atom is 0.254 e. The second-order valence-electron chi connectivity index (χ2n) is 10.5. The number of fused-ring (bicyclic) bond motifs is 2. The number of nitrogens with zero attached hydrogens (tertiary/aromatic N) is 2. The first-order valence-electron chi connectivity index (χ1n) is 12.7. The third-order valence-corrected chi connectivity index (χ3v) is 6.74. The summed E-state index contributed by atoms with van der Waals surface area (Å²) >= 11 is 0. The summed E-state index contributed by atoms with van der Waals surface area (Å²) in [5, 5.41) is 11.3. The summed E-state index contributed by atoms with van der Waals surface area (Å²) in [5.74, 6) is 0.354. The molecule has 4 rings (SSSR count). The van der Waals surface area contributed by atoms with E-state index < -0.39 is 5.91 Å². The smallest absolute Gasteiger partial charge is 0.254 e. The number of benzene rings is 2. The highest BCUT2D eigenvalue weighted by Crippen LogP contribution is 2.42. The number of halogens is 1. The Balaban J connectivity index is 0.00000420. The van der Waals surface area contributed by atoms with Gasteiger partial charge >= 0.3 is 0 Å². The van der Waals surface area contributed by atoms with E-state index in [1.54, 1.807) is 30.1 Å². The molecule has 10 nitrogen and oxygen atoms in total. The second-order valence-corrected chi connectivity index (χ2v) is 10.5. The topological polar surface area (TPSA) is 138 Å². The quantitative estimate of drug-likeness (QED) is 0.395. The van der Waals surface area contributed by atoms with Crippen LogP contribution in [0, 0.1) is 5.41 Å². The lowest BCUT2D eigenvalue weighted by Crippen LogP contribution is -2.40. The minimum absolute atomic E-state index is 0. The molecule has 0 saturated carbocycles. The highest BCUT2D eigenvalue weighted by molar-refractivity contribution is 8.93. The van der Waals surface area contributed by atoms with Crippen LogP contribution in [0.3, 0.4) is 0 Å². The molecule has 210 valence electrons. The molecule has 2 heterocycles. The van der Waals surface area contributed by atoms with E-state index in [9.17, 15) is 14.4 Å². The predicted molar refractivity (Wildman–Crippen MR) is 155 cm³/mol. The van der Waals surface area contributed by atoms with Crippen LogP contribution in [0.25, 0.3) is 0 Å². The van der Waals surface area contributed by atoms with Gasteiger partial charge in [0.05, 0.1) is 37.5 Å². The Hall–Kier alpha value is -3.60. The van der Waals surface area contributed by atoms with Crippen molar-refractivity contribution >= 4 is 46.1 Å². The first-order valence-corrected chi connectivity index (χ1v) is 12.7. The number of nitrogens with two attached hydrogens (primary N) is 1. The lowest BCUT2D eigenvalue weighted by Gasteiger charge is -2.35. The third kappa shape index (κ3) is 6.03. The monoisotopic (exact) mass is 601 g/mol. The molecule has 0 aromatic heterocycles. The van der Waals surface area contributed by atoms with Crippen LogP contribution in [0.15, 0.2) is 24.3 Å².